The highest BCUT2D eigenvalue weighted by atomic mass is 32.2. The molecule has 17 heavy (non-hydrogen) atoms. The number of carbonyl (C=O) groups is 1. The van der Waals surface area contributed by atoms with Gasteiger partial charge in [-0.15, -0.1) is 11.8 Å². The summed E-state index contributed by atoms with van der Waals surface area (Å²) in [6.07, 6.45) is 2.27. The zero-order chi connectivity index (χ0) is 12.3. The van der Waals surface area contributed by atoms with Gasteiger partial charge >= 0.3 is 0 Å². The van der Waals surface area contributed by atoms with Crippen molar-refractivity contribution in [2.45, 2.75) is 47.8 Å². The zero-order valence-electron chi connectivity index (χ0n) is 10.1. The molecule has 1 fully saturated rings. The lowest BCUT2D eigenvalue weighted by Gasteiger charge is -2.07. The molecule has 0 bridgehead atoms. The highest BCUT2D eigenvalue weighted by Crippen LogP contribution is 2.29. The van der Waals surface area contributed by atoms with Crippen LogP contribution in [0.25, 0.3) is 0 Å². The van der Waals surface area contributed by atoms with Gasteiger partial charge in [-0.3, -0.25) is 4.79 Å². The molecule has 0 unspecified atom stereocenters. The maximum atomic E-state index is 11.6. The van der Waals surface area contributed by atoms with Gasteiger partial charge in [0.2, 0.25) is 0 Å². The first-order chi connectivity index (χ1) is 8.13. The Morgan fingerprint density at radius 3 is 2.71 bits per heavy atom. The van der Waals surface area contributed by atoms with Gasteiger partial charge in [0.25, 0.3) is 5.24 Å². The minimum atomic E-state index is 0.0687. The highest BCUT2D eigenvalue weighted by molar-refractivity contribution is 8.13. The quantitative estimate of drug-likeness (QED) is 0.831. The van der Waals surface area contributed by atoms with Gasteiger partial charge in [-0.2, -0.15) is 0 Å². The molecule has 1 N–H and O–H groups in total. The van der Waals surface area contributed by atoms with Crippen LogP contribution in [0.3, 0.4) is 0 Å². The lowest BCUT2D eigenvalue weighted by molar-refractivity contribution is 0.260. The van der Waals surface area contributed by atoms with E-state index in [-0.39, 0.29) is 5.24 Å². The van der Waals surface area contributed by atoms with E-state index in [0.717, 1.165) is 17.7 Å². The summed E-state index contributed by atoms with van der Waals surface area (Å²) in [6.45, 7) is 4.34. The lowest BCUT2D eigenvalue weighted by atomic mass is 10.4. The van der Waals surface area contributed by atoms with Crippen molar-refractivity contribution in [1.29, 1.82) is 0 Å². The van der Waals surface area contributed by atoms with Crippen LogP contribution < -0.4 is 5.32 Å². The van der Waals surface area contributed by atoms with Crippen LogP contribution in [0.5, 0.6) is 0 Å². The summed E-state index contributed by atoms with van der Waals surface area (Å²) >= 11 is 3.11. The standard InChI is InChI=1S/C13H17NOS2/c1-9(2)16-11-4-3-5-12(8-11)17-13(15)14-10-6-7-10/h3-5,8-10H,6-7H2,1-2H3,(H,14,15). The molecule has 1 aromatic rings. The van der Waals surface area contributed by atoms with Gasteiger partial charge in [0, 0.05) is 21.1 Å². The predicted octanol–water partition coefficient (Wildman–Crippen LogP) is 4.15. The average molecular weight is 267 g/mol. The molecule has 0 aliphatic heterocycles. The maximum absolute atomic E-state index is 11.6. The monoisotopic (exact) mass is 267 g/mol. The van der Waals surface area contributed by atoms with Crippen LogP contribution in [0.15, 0.2) is 34.1 Å². The van der Waals surface area contributed by atoms with E-state index < -0.39 is 0 Å². The van der Waals surface area contributed by atoms with E-state index in [4.69, 9.17) is 0 Å². The predicted molar refractivity (Wildman–Crippen MR) is 74.8 cm³/mol. The maximum Gasteiger partial charge on any atom is 0.284 e. The van der Waals surface area contributed by atoms with Crippen molar-refractivity contribution in [2.75, 3.05) is 0 Å². The number of hydrogen-bond donors (Lipinski definition) is 1. The third-order valence-electron chi connectivity index (χ3n) is 2.29. The number of amides is 1. The Morgan fingerprint density at radius 1 is 1.35 bits per heavy atom. The molecule has 2 rings (SSSR count). The molecule has 2 nitrogen and oxygen atoms in total. The normalized spacial score (nSPS) is 15.0. The Bertz CT molecular complexity index is 402. The van der Waals surface area contributed by atoms with E-state index in [9.17, 15) is 4.79 Å². The molecule has 1 saturated carbocycles. The van der Waals surface area contributed by atoms with Gasteiger partial charge in [0.05, 0.1) is 0 Å². The number of thioether (sulfide) groups is 2. The Labute approximate surface area is 111 Å². The van der Waals surface area contributed by atoms with Crippen LogP contribution in [0.4, 0.5) is 4.79 Å². The third kappa shape index (κ3) is 4.64. The van der Waals surface area contributed by atoms with Crippen molar-refractivity contribution in [1.82, 2.24) is 5.32 Å². The molecule has 0 heterocycles. The number of carbonyl (C=O) groups excluding carboxylic acids is 1. The summed E-state index contributed by atoms with van der Waals surface area (Å²) in [5.74, 6) is 0. The minimum Gasteiger partial charge on any atom is -0.344 e. The molecule has 0 atom stereocenters. The van der Waals surface area contributed by atoms with E-state index in [1.807, 2.05) is 23.9 Å². The van der Waals surface area contributed by atoms with Gasteiger partial charge in [-0.1, -0.05) is 19.9 Å². The average Bonchev–Trinajstić information content (AvgIpc) is 3.00. The van der Waals surface area contributed by atoms with Crippen molar-refractivity contribution >= 4 is 28.8 Å². The first kappa shape index (κ1) is 12.8. The third-order valence-corrected chi connectivity index (χ3v) is 4.08. The van der Waals surface area contributed by atoms with E-state index in [1.165, 1.54) is 16.7 Å². The van der Waals surface area contributed by atoms with Gasteiger partial charge in [0.15, 0.2) is 0 Å². The van der Waals surface area contributed by atoms with Crippen molar-refractivity contribution in [2.24, 2.45) is 0 Å². The second kappa shape index (κ2) is 5.83. The summed E-state index contributed by atoms with van der Waals surface area (Å²) < 4.78 is 0. The van der Waals surface area contributed by atoms with Crippen molar-refractivity contribution < 1.29 is 4.79 Å². The summed E-state index contributed by atoms with van der Waals surface area (Å²) in [4.78, 5) is 13.9. The summed E-state index contributed by atoms with van der Waals surface area (Å²) in [6, 6.07) is 8.61. The van der Waals surface area contributed by atoms with Crippen LogP contribution >= 0.6 is 23.5 Å². The van der Waals surface area contributed by atoms with E-state index >= 15 is 0 Å². The SMILES string of the molecule is CC(C)Sc1cccc(SC(=O)NC2CC2)c1. The Balaban J connectivity index is 1.92. The molecule has 4 heteroatoms. The fourth-order valence-corrected chi connectivity index (χ4v) is 3.16. The zero-order valence-corrected chi connectivity index (χ0v) is 11.7. The van der Waals surface area contributed by atoms with Crippen molar-refractivity contribution in [3.63, 3.8) is 0 Å². The second-order valence-corrected chi connectivity index (χ2v) is 7.15. The van der Waals surface area contributed by atoms with Crippen molar-refractivity contribution in [3.05, 3.63) is 24.3 Å². The van der Waals surface area contributed by atoms with E-state index in [0.29, 0.717) is 11.3 Å². The molecular formula is C13H17NOS2. The molecule has 0 spiro atoms. The van der Waals surface area contributed by atoms with Crippen LogP contribution in [-0.4, -0.2) is 16.5 Å². The molecule has 1 amide bonds. The highest BCUT2D eigenvalue weighted by Gasteiger charge is 2.23. The summed E-state index contributed by atoms with van der Waals surface area (Å²) in [5, 5.41) is 3.61. The number of rotatable bonds is 4. The molecule has 0 radical (unpaired) electrons. The van der Waals surface area contributed by atoms with Crippen LogP contribution in [-0.2, 0) is 0 Å². The smallest absolute Gasteiger partial charge is 0.284 e. The van der Waals surface area contributed by atoms with Crippen LogP contribution in [0.2, 0.25) is 0 Å². The minimum absolute atomic E-state index is 0.0687. The Kier molecular flexibility index (Phi) is 4.40. The number of benzene rings is 1. The van der Waals surface area contributed by atoms with Crippen LogP contribution in [0, 0.1) is 0 Å². The first-order valence-corrected chi connectivity index (χ1v) is 7.58. The molecular weight excluding hydrogens is 250 g/mol. The number of hydrogen-bond acceptors (Lipinski definition) is 3. The lowest BCUT2D eigenvalue weighted by Crippen LogP contribution is -2.20. The Morgan fingerprint density at radius 2 is 2.06 bits per heavy atom. The second-order valence-electron chi connectivity index (χ2n) is 4.45. The largest absolute Gasteiger partial charge is 0.344 e. The van der Waals surface area contributed by atoms with Gasteiger partial charge < -0.3 is 5.32 Å². The molecule has 1 aliphatic rings. The van der Waals surface area contributed by atoms with Gasteiger partial charge in [-0.05, 0) is 42.8 Å². The fraction of sp³-hybridized carbons (Fsp3) is 0.462. The topological polar surface area (TPSA) is 29.1 Å². The van der Waals surface area contributed by atoms with Crippen molar-refractivity contribution in [3.8, 4) is 0 Å². The van der Waals surface area contributed by atoms with Gasteiger partial charge in [-0.25, -0.2) is 0 Å². The Hall–Kier alpha value is -0.610. The van der Waals surface area contributed by atoms with E-state index in [2.05, 4.69) is 31.3 Å². The number of nitrogens with one attached hydrogen (secondary N) is 1. The van der Waals surface area contributed by atoms with Gasteiger partial charge in [0.1, 0.15) is 0 Å². The molecule has 0 aromatic heterocycles. The summed E-state index contributed by atoms with van der Waals surface area (Å²) in [7, 11) is 0. The van der Waals surface area contributed by atoms with Crippen LogP contribution in [0.1, 0.15) is 26.7 Å². The molecule has 0 saturated heterocycles. The summed E-state index contributed by atoms with van der Waals surface area (Å²) in [5.41, 5.74) is 0. The van der Waals surface area contributed by atoms with E-state index in [1.54, 1.807) is 0 Å². The molecule has 1 aliphatic carbocycles. The molecule has 1 aromatic carbocycles. The first-order valence-electron chi connectivity index (χ1n) is 5.88. The fourth-order valence-electron chi connectivity index (χ4n) is 1.41. The molecule has 92 valence electrons.